The quantitative estimate of drug-likeness (QED) is 0.618. The Balaban J connectivity index is 1.28. The molecule has 0 bridgehead atoms. The van der Waals surface area contributed by atoms with Crippen LogP contribution < -0.4 is 5.73 Å². The number of fused-ring (bicyclic) bond motifs is 1. The van der Waals surface area contributed by atoms with Crippen LogP contribution in [0.25, 0.3) is 11.2 Å². The van der Waals surface area contributed by atoms with Crippen molar-refractivity contribution in [2.24, 2.45) is 5.41 Å². The molecule has 1 spiro atoms. The van der Waals surface area contributed by atoms with E-state index in [1.54, 1.807) is 4.57 Å². The van der Waals surface area contributed by atoms with Gasteiger partial charge >= 0.3 is 0 Å². The van der Waals surface area contributed by atoms with E-state index in [9.17, 15) is 10.2 Å². The monoisotopic (exact) mass is 403 g/mol. The highest BCUT2D eigenvalue weighted by Gasteiger charge is 2.47. The van der Waals surface area contributed by atoms with Gasteiger partial charge < -0.3 is 30.5 Å². The molecule has 3 fully saturated rings. The van der Waals surface area contributed by atoms with Gasteiger partial charge in [-0.1, -0.05) is 0 Å². The number of hydrogen-bond acceptors (Lipinski definition) is 9. The fourth-order valence-electron chi connectivity index (χ4n) is 5.11. The van der Waals surface area contributed by atoms with E-state index in [0.717, 1.165) is 26.2 Å². The van der Waals surface area contributed by atoms with Crippen LogP contribution in [0.4, 0.5) is 5.82 Å². The third-order valence-electron chi connectivity index (χ3n) is 7.00. The summed E-state index contributed by atoms with van der Waals surface area (Å²) in [5, 5.41) is 21.3. The molecule has 2 aromatic heterocycles. The summed E-state index contributed by atoms with van der Waals surface area (Å²) < 4.78 is 7.73. The second-order valence-corrected chi connectivity index (χ2v) is 8.92. The van der Waals surface area contributed by atoms with Crippen molar-refractivity contribution in [2.75, 3.05) is 45.5 Å². The molecule has 3 saturated heterocycles. The molecule has 2 aromatic rings. The second-order valence-electron chi connectivity index (χ2n) is 8.92. The summed E-state index contributed by atoms with van der Waals surface area (Å²) in [5.41, 5.74) is 7.20. The number of nitrogens with two attached hydrogens (primary N) is 1. The first kappa shape index (κ1) is 19.1. The van der Waals surface area contributed by atoms with E-state index in [4.69, 9.17) is 10.5 Å². The summed E-state index contributed by atoms with van der Waals surface area (Å²) >= 11 is 0. The molecule has 0 amide bonds. The Labute approximate surface area is 169 Å². The maximum atomic E-state index is 10.7. The van der Waals surface area contributed by atoms with Crippen LogP contribution in [0.15, 0.2) is 12.7 Å². The number of hydrogen-bond donors (Lipinski definition) is 3. The summed E-state index contributed by atoms with van der Waals surface area (Å²) in [6.07, 6.45) is 3.28. The third-order valence-corrected chi connectivity index (χ3v) is 7.00. The third kappa shape index (κ3) is 3.28. The van der Waals surface area contributed by atoms with Gasteiger partial charge in [0.25, 0.3) is 0 Å². The first-order chi connectivity index (χ1) is 14.0. The van der Waals surface area contributed by atoms with Crippen LogP contribution in [0.2, 0.25) is 0 Å². The Morgan fingerprint density at radius 1 is 1.14 bits per heavy atom. The fourth-order valence-corrected chi connectivity index (χ4v) is 5.11. The number of piperidine rings is 1. The number of aliphatic hydroxyl groups excluding tert-OH is 2. The molecule has 3 aliphatic heterocycles. The average molecular weight is 403 g/mol. The average Bonchev–Trinajstić information content (AvgIpc) is 3.38. The SMILES string of the molecule is CN1CCC2(CC1)CCN(C[C@H]1O[C@@H](n3cnc4c(N)ncnc43)[C@H](O)[C@@H]1O)C2. The molecule has 0 unspecified atom stereocenters. The number of likely N-dealkylation sites (tertiary alicyclic amines) is 2. The summed E-state index contributed by atoms with van der Waals surface area (Å²) in [6, 6.07) is 0. The lowest BCUT2D eigenvalue weighted by Gasteiger charge is -2.38. The van der Waals surface area contributed by atoms with Gasteiger partial charge in [0.15, 0.2) is 17.7 Å². The Morgan fingerprint density at radius 2 is 1.90 bits per heavy atom. The molecule has 3 aliphatic rings. The van der Waals surface area contributed by atoms with E-state index >= 15 is 0 Å². The van der Waals surface area contributed by atoms with Crippen molar-refractivity contribution in [3.05, 3.63) is 12.7 Å². The molecule has 10 heteroatoms. The molecule has 10 nitrogen and oxygen atoms in total. The Morgan fingerprint density at radius 3 is 2.69 bits per heavy atom. The van der Waals surface area contributed by atoms with Crippen LogP contribution >= 0.6 is 0 Å². The Kier molecular flexibility index (Phi) is 4.71. The molecule has 5 rings (SSSR count). The lowest BCUT2D eigenvalue weighted by molar-refractivity contribution is -0.0435. The second kappa shape index (κ2) is 7.13. The van der Waals surface area contributed by atoms with Crippen molar-refractivity contribution in [1.29, 1.82) is 0 Å². The minimum atomic E-state index is -1.06. The highest BCUT2D eigenvalue weighted by molar-refractivity contribution is 5.81. The molecule has 4 N–H and O–H groups in total. The van der Waals surface area contributed by atoms with Crippen LogP contribution in [0.1, 0.15) is 25.5 Å². The Bertz CT molecular complexity index is 882. The van der Waals surface area contributed by atoms with Crippen molar-refractivity contribution in [1.82, 2.24) is 29.3 Å². The fraction of sp³-hybridized carbons (Fsp3) is 0.737. The molecular weight excluding hydrogens is 374 g/mol. The van der Waals surface area contributed by atoms with Crippen molar-refractivity contribution >= 4 is 17.0 Å². The van der Waals surface area contributed by atoms with Gasteiger partial charge in [-0.15, -0.1) is 0 Å². The first-order valence-electron chi connectivity index (χ1n) is 10.3. The smallest absolute Gasteiger partial charge is 0.167 e. The van der Waals surface area contributed by atoms with Gasteiger partial charge in [0, 0.05) is 13.1 Å². The molecule has 0 saturated carbocycles. The predicted molar refractivity (Wildman–Crippen MR) is 106 cm³/mol. The summed E-state index contributed by atoms with van der Waals surface area (Å²) in [5.74, 6) is 0.277. The number of aromatic nitrogens is 4. The van der Waals surface area contributed by atoms with Crippen molar-refractivity contribution in [2.45, 2.75) is 43.8 Å². The summed E-state index contributed by atoms with van der Waals surface area (Å²) in [6.45, 7) is 4.95. The van der Waals surface area contributed by atoms with Crippen molar-refractivity contribution in [3.8, 4) is 0 Å². The van der Waals surface area contributed by atoms with E-state index in [-0.39, 0.29) is 5.82 Å². The number of nitrogens with zero attached hydrogens (tertiary/aromatic N) is 6. The van der Waals surface area contributed by atoms with E-state index < -0.39 is 24.5 Å². The van der Waals surface area contributed by atoms with Gasteiger partial charge in [0.05, 0.1) is 6.33 Å². The lowest BCUT2D eigenvalue weighted by atomic mass is 9.78. The van der Waals surface area contributed by atoms with Gasteiger partial charge in [0.2, 0.25) is 0 Å². The van der Waals surface area contributed by atoms with Gasteiger partial charge in [-0.2, -0.15) is 0 Å². The number of rotatable bonds is 3. The Hall–Kier alpha value is -1.85. The zero-order valence-electron chi connectivity index (χ0n) is 16.7. The molecule has 0 aliphatic carbocycles. The van der Waals surface area contributed by atoms with E-state index in [1.807, 2.05) is 0 Å². The predicted octanol–water partition coefficient (Wildman–Crippen LogP) is -0.555. The molecule has 5 heterocycles. The highest BCUT2D eigenvalue weighted by Crippen LogP contribution is 2.41. The normalized spacial score (nSPS) is 33.2. The minimum absolute atomic E-state index is 0.277. The molecular formula is C19H29N7O3. The van der Waals surface area contributed by atoms with Crippen LogP contribution in [0.3, 0.4) is 0 Å². The summed E-state index contributed by atoms with van der Waals surface area (Å²) in [4.78, 5) is 17.2. The minimum Gasteiger partial charge on any atom is -0.387 e. The number of anilines is 1. The molecule has 0 radical (unpaired) electrons. The standard InChI is InChI=1S/C19H29N7O3/c1-24-5-2-19(3-6-24)4-7-25(9-19)8-12-14(27)15(28)18(29-12)26-11-23-13-16(20)21-10-22-17(13)26/h10-12,14-15,18,27-28H,2-9H2,1H3,(H2,20,21,22)/t12-,14-,15-,18-/m1/s1. The summed E-state index contributed by atoms with van der Waals surface area (Å²) in [7, 11) is 2.18. The van der Waals surface area contributed by atoms with Crippen molar-refractivity contribution in [3.63, 3.8) is 0 Å². The maximum absolute atomic E-state index is 10.7. The first-order valence-corrected chi connectivity index (χ1v) is 10.3. The zero-order chi connectivity index (χ0) is 20.2. The van der Waals surface area contributed by atoms with Crippen LogP contribution in [-0.2, 0) is 4.74 Å². The van der Waals surface area contributed by atoms with Crippen LogP contribution in [0.5, 0.6) is 0 Å². The highest BCUT2D eigenvalue weighted by atomic mass is 16.6. The molecule has 29 heavy (non-hydrogen) atoms. The van der Waals surface area contributed by atoms with Gasteiger partial charge in [-0.05, 0) is 51.4 Å². The number of ether oxygens (including phenoxy) is 1. The zero-order valence-corrected chi connectivity index (χ0v) is 16.7. The largest absolute Gasteiger partial charge is 0.387 e. The topological polar surface area (TPSA) is 126 Å². The molecule has 0 aromatic carbocycles. The van der Waals surface area contributed by atoms with Gasteiger partial charge in [0.1, 0.15) is 30.2 Å². The van der Waals surface area contributed by atoms with E-state index in [1.165, 1.54) is 31.9 Å². The van der Waals surface area contributed by atoms with Gasteiger partial charge in [-0.25, -0.2) is 15.0 Å². The van der Waals surface area contributed by atoms with Gasteiger partial charge in [-0.3, -0.25) is 4.57 Å². The van der Waals surface area contributed by atoms with Crippen LogP contribution in [0, 0.1) is 5.41 Å². The van der Waals surface area contributed by atoms with Crippen molar-refractivity contribution < 1.29 is 14.9 Å². The molecule has 4 atom stereocenters. The van der Waals surface area contributed by atoms with Crippen LogP contribution in [-0.4, -0.2) is 97.6 Å². The maximum Gasteiger partial charge on any atom is 0.167 e. The molecule has 158 valence electrons. The number of nitrogen functional groups attached to an aromatic ring is 1. The lowest BCUT2D eigenvalue weighted by Crippen LogP contribution is -2.42. The number of aliphatic hydroxyl groups is 2. The van der Waals surface area contributed by atoms with E-state index in [0.29, 0.717) is 23.1 Å². The van der Waals surface area contributed by atoms with E-state index in [2.05, 4.69) is 31.8 Å². The number of imidazole rings is 1.